The second kappa shape index (κ2) is 7.74. The van der Waals surface area contributed by atoms with Crippen LogP contribution in [0.25, 0.3) is 5.70 Å². The van der Waals surface area contributed by atoms with E-state index in [1.165, 1.54) is 18.2 Å². The minimum atomic E-state index is -4.74. The fourth-order valence-electron chi connectivity index (χ4n) is 1.97. The van der Waals surface area contributed by atoms with Crippen LogP contribution in [0.15, 0.2) is 65.6 Å². The Morgan fingerprint density at radius 1 is 1.12 bits per heavy atom. The number of nitrogens with one attached hydrogen (secondary N) is 1. The van der Waals surface area contributed by atoms with Crippen LogP contribution in [0.3, 0.4) is 0 Å². The lowest BCUT2D eigenvalue weighted by Crippen LogP contribution is -2.06. The zero-order chi connectivity index (χ0) is 17.6. The van der Waals surface area contributed by atoms with Gasteiger partial charge >= 0.3 is 16.2 Å². The van der Waals surface area contributed by atoms with E-state index in [-0.39, 0.29) is 6.61 Å². The number of hydrogen-bond donors (Lipinski definition) is 1. The molecule has 126 valence electrons. The Balaban J connectivity index is 2.30. The Bertz CT molecular complexity index is 831. The lowest BCUT2D eigenvalue weighted by molar-refractivity contribution is -0.137. The highest BCUT2D eigenvalue weighted by Crippen LogP contribution is 2.21. The maximum absolute atomic E-state index is 12.9. The zero-order valence-corrected chi connectivity index (χ0v) is 13.7. The van der Waals surface area contributed by atoms with Crippen LogP contribution < -0.4 is 5.32 Å². The van der Waals surface area contributed by atoms with Crippen molar-refractivity contribution in [2.45, 2.75) is 11.8 Å². The van der Waals surface area contributed by atoms with Crippen molar-refractivity contribution in [2.24, 2.45) is 0 Å². The maximum atomic E-state index is 12.9. The fraction of sp³-hybridized carbons (Fsp3) is 0.118. The average Bonchev–Trinajstić information content (AvgIpc) is 2.55. The van der Waals surface area contributed by atoms with Crippen molar-refractivity contribution in [3.05, 3.63) is 66.2 Å². The van der Waals surface area contributed by atoms with Crippen molar-refractivity contribution >= 4 is 27.6 Å². The smallest absolute Gasteiger partial charge is 0.332 e. The number of esters is 1. The van der Waals surface area contributed by atoms with Gasteiger partial charge < -0.3 is 10.1 Å². The third-order valence-electron chi connectivity index (χ3n) is 3.05. The quantitative estimate of drug-likeness (QED) is 0.492. The summed E-state index contributed by atoms with van der Waals surface area (Å²) in [5.74, 6) is -0.508. The highest BCUT2D eigenvalue weighted by Gasteiger charge is 2.12. The Hall–Kier alpha value is -2.67. The Morgan fingerprint density at radius 3 is 2.29 bits per heavy atom. The molecule has 7 heteroatoms. The summed E-state index contributed by atoms with van der Waals surface area (Å²) >= 11 is 0. The molecule has 0 heterocycles. The van der Waals surface area contributed by atoms with Crippen molar-refractivity contribution in [1.29, 1.82) is 0 Å². The summed E-state index contributed by atoms with van der Waals surface area (Å²) in [7, 11) is -4.74. The van der Waals surface area contributed by atoms with E-state index < -0.39 is 21.1 Å². The number of anilines is 1. The predicted molar refractivity (Wildman–Crippen MR) is 89.4 cm³/mol. The normalized spacial score (nSPS) is 11.8. The zero-order valence-electron chi connectivity index (χ0n) is 12.9. The van der Waals surface area contributed by atoms with Crippen LogP contribution in [-0.2, 0) is 19.8 Å². The molecule has 2 rings (SSSR count). The van der Waals surface area contributed by atoms with Gasteiger partial charge in [-0.3, -0.25) is 0 Å². The van der Waals surface area contributed by atoms with Crippen LogP contribution in [0.1, 0.15) is 12.5 Å². The molecule has 0 saturated carbocycles. The molecule has 0 aliphatic carbocycles. The van der Waals surface area contributed by atoms with Crippen LogP contribution in [0.5, 0.6) is 0 Å². The van der Waals surface area contributed by atoms with E-state index in [1.807, 2.05) is 18.2 Å². The van der Waals surface area contributed by atoms with E-state index in [0.29, 0.717) is 11.4 Å². The second-order valence-corrected chi connectivity index (χ2v) is 6.11. The predicted octanol–water partition coefficient (Wildman–Crippen LogP) is 3.36. The molecule has 0 atom stereocenters. The first-order valence-electron chi connectivity index (χ1n) is 7.16. The van der Waals surface area contributed by atoms with Gasteiger partial charge in [0.1, 0.15) is 0 Å². The van der Waals surface area contributed by atoms with Crippen molar-refractivity contribution in [3.8, 4) is 0 Å². The first-order valence-corrected chi connectivity index (χ1v) is 8.54. The third kappa shape index (κ3) is 4.92. The summed E-state index contributed by atoms with van der Waals surface area (Å²) in [6.07, 6.45) is 1.30. The third-order valence-corrected chi connectivity index (χ3v) is 3.88. The lowest BCUT2D eigenvalue weighted by atomic mass is 10.1. The molecule has 2 aromatic rings. The highest BCUT2D eigenvalue weighted by molar-refractivity contribution is 7.86. The standard InChI is InChI=1S/C17H16FNO4S/c1-2-23-17(20)12-16(13-6-4-3-5-7-13)19-14-8-10-15(11-9-14)24(18,21)22/h3-12,19H,2H2,1H3. The molecule has 24 heavy (non-hydrogen) atoms. The molecule has 0 unspecified atom stereocenters. The molecule has 1 N–H and O–H groups in total. The van der Waals surface area contributed by atoms with Gasteiger partial charge in [0, 0.05) is 11.8 Å². The van der Waals surface area contributed by atoms with E-state index in [1.54, 1.807) is 19.1 Å². The molecule has 0 aliphatic heterocycles. The Labute approximate surface area is 140 Å². The van der Waals surface area contributed by atoms with Gasteiger partial charge in [0.2, 0.25) is 0 Å². The summed E-state index contributed by atoms with van der Waals surface area (Å²) < 4.78 is 39.5. The number of ether oxygens (including phenoxy) is 1. The van der Waals surface area contributed by atoms with Crippen LogP contribution in [0.4, 0.5) is 9.57 Å². The van der Waals surface area contributed by atoms with Crippen molar-refractivity contribution in [3.63, 3.8) is 0 Å². The molecule has 0 amide bonds. The minimum Gasteiger partial charge on any atom is -0.463 e. The van der Waals surface area contributed by atoms with Crippen molar-refractivity contribution in [1.82, 2.24) is 0 Å². The topological polar surface area (TPSA) is 72.5 Å². The number of rotatable bonds is 6. The first-order chi connectivity index (χ1) is 11.4. The summed E-state index contributed by atoms with van der Waals surface area (Å²) in [6, 6.07) is 14.2. The molecular weight excluding hydrogens is 333 g/mol. The first kappa shape index (κ1) is 17.7. The molecule has 0 saturated heterocycles. The number of carbonyl (C=O) groups excluding carboxylic acids is 1. The van der Waals surface area contributed by atoms with Gasteiger partial charge in [0.05, 0.1) is 17.2 Å². The van der Waals surface area contributed by atoms with E-state index in [4.69, 9.17) is 4.74 Å². The van der Waals surface area contributed by atoms with Crippen LogP contribution in [-0.4, -0.2) is 21.0 Å². The molecule has 0 fully saturated rings. The number of benzene rings is 2. The highest BCUT2D eigenvalue weighted by atomic mass is 32.3. The molecule has 2 aromatic carbocycles. The molecule has 0 aromatic heterocycles. The van der Waals surface area contributed by atoms with Gasteiger partial charge in [0.15, 0.2) is 0 Å². The number of carbonyl (C=O) groups is 1. The van der Waals surface area contributed by atoms with Crippen molar-refractivity contribution in [2.75, 3.05) is 11.9 Å². The average molecular weight is 349 g/mol. The van der Waals surface area contributed by atoms with Crippen LogP contribution in [0.2, 0.25) is 0 Å². The number of hydrogen-bond acceptors (Lipinski definition) is 5. The van der Waals surface area contributed by atoms with Gasteiger partial charge in [-0.2, -0.15) is 8.42 Å². The monoisotopic (exact) mass is 349 g/mol. The minimum absolute atomic E-state index is 0.250. The molecule has 0 radical (unpaired) electrons. The van der Waals surface area contributed by atoms with E-state index >= 15 is 0 Å². The van der Waals surface area contributed by atoms with Gasteiger partial charge in [-0.15, -0.1) is 3.89 Å². The van der Waals surface area contributed by atoms with Crippen LogP contribution >= 0.6 is 0 Å². The molecule has 0 aliphatic rings. The molecular formula is C17H16FNO4S. The van der Waals surface area contributed by atoms with E-state index in [0.717, 1.165) is 17.7 Å². The van der Waals surface area contributed by atoms with Gasteiger partial charge in [-0.05, 0) is 36.8 Å². The van der Waals surface area contributed by atoms with Crippen molar-refractivity contribution < 1.29 is 21.8 Å². The molecule has 0 bridgehead atoms. The number of halogens is 1. The molecule has 5 nitrogen and oxygen atoms in total. The fourth-order valence-corrected chi connectivity index (χ4v) is 2.43. The Morgan fingerprint density at radius 2 is 1.75 bits per heavy atom. The second-order valence-electron chi connectivity index (χ2n) is 4.76. The summed E-state index contributed by atoms with van der Waals surface area (Å²) in [5, 5.41) is 3.01. The largest absolute Gasteiger partial charge is 0.463 e. The summed E-state index contributed by atoms with van der Waals surface area (Å²) in [6.45, 7) is 1.96. The van der Waals surface area contributed by atoms with Gasteiger partial charge in [-0.1, -0.05) is 30.3 Å². The summed E-state index contributed by atoms with van der Waals surface area (Å²) in [5.41, 5.74) is 1.72. The lowest BCUT2D eigenvalue weighted by Gasteiger charge is -2.12. The van der Waals surface area contributed by atoms with Gasteiger partial charge in [0.25, 0.3) is 0 Å². The maximum Gasteiger partial charge on any atom is 0.332 e. The van der Waals surface area contributed by atoms with E-state index in [9.17, 15) is 17.1 Å². The molecule has 0 spiro atoms. The van der Waals surface area contributed by atoms with Crippen LogP contribution in [0, 0.1) is 0 Å². The summed E-state index contributed by atoms with van der Waals surface area (Å²) in [4.78, 5) is 11.3. The Kier molecular flexibility index (Phi) is 5.70. The van der Waals surface area contributed by atoms with E-state index in [2.05, 4.69) is 5.32 Å². The van der Waals surface area contributed by atoms with Gasteiger partial charge in [-0.25, -0.2) is 4.79 Å². The SMILES string of the molecule is CCOC(=O)C=C(Nc1ccc(S(=O)(=O)F)cc1)c1ccccc1.